The molecule has 3 rings (SSSR count). The largest absolute Gasteiger partial charge is 0.442 e. The Hall–Kier alpha value is -1.84. The van der Waals surface area contributed by atoms with Crippen LogP contribution in [0.2, 0.25) is 4.34 Å². The van der Waals surface area contributed by atoms with Crippen LogP contribution in [0, 0.1) is 0 Å². The second-order valence-electron chi connectivity index (χ2n) is 6.05. The van der Waals surface area contributed by atoms with Crippen molar-refractivity contribution in [1.29, 1.82) is 0 Å². The molecule has 8 nitrogen and oxygen atoms in total. The van der Waals surface area contributed by atoms with Crippen LogP contribution in [0.1, 0.15) is 16.1 Å². The maximum atomic E-state index is 12.0. The maximum absolute atomic E-state index is 12.0. The average Bonchev–Trinajstić information content (AvgIpc) is 3.20. The van der Waals surface area contributed by atoms with E-state index in [2.05, 4.69) is 5.32 Å². The first-order chi connectivity index (χ1) is 12.5. The first-order valence-corrected chi connectivity index (χ1v) is 9.57. The van der Waals surface area contributed by atoms with Crippen molar-refractivity contribution in [2.75, 3.05) is 45.9 Å². The minimum Gasteiger partial charge on any atom is -0.442 e. The van der Waals surface area contributed by atoms with Gasteiger partial charge in [-0.2, -0.15) is 0 Å². The number of thiophene rings is 1. The first-order valence-electron chi connectivity index (χ1n) is 8.37. The number of hydrogen-bond donors (Lipinski definition) is 1. The van der Waals surface area contributed by atoms with Gasteiger partial charge < -0.3 is 24.6 Å². The minimum absolute atomic E-state index is 0.0190. The van der Waals surface area contributed by atoms with Gasteiger partial charge in [0.15, 0.2) is 0 Å². The van der Waals surface area contributed by atoms with Gasteiger partial charge >= 0.3 is 6.09 Å². The lowest BCUT2D eigenvalue weighted by Gasteiger charge is -2.27. The highest BCUT2D eigenvalue weighted by Crippen LogP contribution is 2.21. The molecule has 2 fully saturated rings. The quantitative estimate of drug-likeness (QED) is 0.741. The zero-order valence-corrected chi connectivity index (χ0v) is 15.7. The van der Waals surface area contributed by atoms with Crippen LogP contribution in [0.25, 0.3) is 0 Å². The van der Waals surface area contributed by atoms with Crippen LogP contribution < -0.4 is 5.32 Å². The van der Waals surface area contributed by atoms with E-state index in [9.17, 15) is 14.4 Å². The zero-order chi connectivity index (χ0) is 18.5. The number of hydrogen-bond acceptors (Lipinski definition) is 6. The fraction of sp³-hybridized carbons (Fsp3) is 0.562. The Morgan fingerprint density at radius 1 is 1.31 bits per heavy atom. The van der Waals surface area contributed by atoms with E-state index in [4.69, 9.17) is 21.1 Å². The monoisotopic (exact) mass is 401 g/mol. The summed E-state index contributed by atoms with van der Waals surface area (Å²) in [6.07, 6.45) is -0.100. The van der Waals surface area contributed by atoms with Crippen molar-refractivity contribution in [3.8, 4) is 0 Å². The van der Waals surface area contributed by atoms with Crippen LogP contribution in [0.5, 0.6) is 0 Å². The van der Waals surface area contributed by atoms with Crippen molar-refractivity contribution in [1.82, 2.24) is 15.1 Å². The van der Waals surface area contributed by atoms with E-state index in [0.717, 1.165) is 0 Å². The van der Waals surface area contributed by atoms with Crippen LogP contribution in [-0.2, 0) is 14.3 Å². The molecule has 2 saturated heterocycles. The Morgan fingerprint density at radius 3 is 2.85 bits per heavy atom. The Balaban J connectivity index is 1.38. The zero-order valence-electron chi connectivity index (χ0n) is 14.1. The van der Waals surface area contributed by atoms with E-state index >= 15 is 0 Å². The Bertz CT molecular complexity index is 683. The molecule has 0 saturated carbocycles. The molecular weight excluding hydrogens is 382 g/mol. The van der Waals surface area contributed by atoms with Crippen molar-refractivity contribution in [2.24, 2.45) is 0 Å². The number of carbonyl (C=O) groups excluding carboxylic acids is 3. The standard InChI is InChI=1S/C16H20ClN3O5S/c17-13-3-2-12(26-13)15(22)18-8-11-9-20(16(23)25-11)5-1-4-19-6-7-24-10-14(19)21/h2-3,11H,1,4-10H2,(H,18,22)/t11-/m0/s1. The topological polar surface area (TPSA) is 88.2 Å². The molecule has 1 aromatic heterocycles. The molecule has 3 heterocycles. The van der Waals surface area contributed by atoms with Crippen molar-refractivity contribution >= 4 is 40.8 Å². The van der Waals surface area contributed by atoms with Gasteiger partial charge in [0, 0.05) is 19.6 Å². The van der Waals surface area contributed by atoms with Gasteiger partial charge in [-0.15, -0.1) is 11.3 Å². The number of nitrogens with zero attached hydrogens (tertiary/aromatic N) is 2. The molecule has 1 aromatic rings. The van der Waals surface area contributed by atoms with Crippen LogP contribution in [-0.4, -0.2) is 79.7 Å². The van der Waals surface area contributed by atoms with Crippen molar-refractivity contribution in [2.45, 2.75) is 12.5 Å². The average molecular weight is 402 g/mol. The summed E-state index contributed by atoms with van der Waals surface area (Å²) >= 11 is 7.01. The van der Waals surface area contributed by atoms with Crippen molar-refractivity contribution < 1.29 is 23.9 Å². The molecule has 1 atom stereocenters. The lowest BCUT2D eigenvalue weighted by Crippen LogP contribution is -2.43. The molecular formula is C16H20ClN3O5S. The summed E-state index contributed by atoms with van der Waals surface area (Å²) in [7, 11) is 0. The fourth-order valence-electron chi connectivity index (χ4n) is 2.83. The smallest absolute Gasteiger partial charge is 0.410 e. The third kappa shape index (κ3) is 4.87. The van der Waals surface area contributed by atoms with Gasteiger partial charge in [0.2, 0.25) is 5.91 Å². The summed E-state index contributed by atoms with van der Waals surface area (Å²) in [4.78, 5) is 39.4. The molecule has 0 unspecified atom stereocenters. The summed E-state index contributed by atoms with van der Waals surface area (Å²) in [5.74, 6) is -0.253. The third-order valence-corrected chi connectivity index (χ3v) is 5.41. The number of ether oxygens (including phenoxy) is 2. The number of morpholine rings is 1. The van der Waals surface area contributed by atoms with Crippen LogP contribution in [0.15, 0.2) is 12.1 Å². The lowest BCUT2D eigenvalue weighted by atomic mass is 10.3. The molecule has 0 radical (unpaired) electrons. The molecule has 142 valence electrons. The highest BCUT2D eigenvalue weighted by molar-refractivity contribution is 7.17. The van der Waals surface area contributed by atoms with E-state index in [1.807, 2.05) is 0 Å². The predicted octanol–water partition coefficient (Wildman–Crippen LogP) is 1.20. The van der Waals surface area contributed by atoms with Gasteiger partial charge in [0.1, 0.15) is 12.7 Å². The minimum atomic E-state index is -0.392. The SMILES string of the molecule is O=C(NC[C@H]1CN(CCCN2CCOCC2=O)C(=O)O1)c1ccc(Cl)s1. The van der Waals surface area contributed by atoms with Gasteiger partial charge in [0.25, 0.3) is 5.91 Å². The summed E-state index contributed by atoms with van der Waals surface area (Å²) in [5, 5.41) is 2.75. The van der Waals surface area contributed by atoms with Crippen molar-refractivity contribution in [3.05, 3.63) is 21.3 Å². The third-order valence-electron chi connectivity index (χ3n) is 4.18. The molecule has 2 aliphatic rings. The number of rotatable bonds is 7. The van der Waals surface area contributed by atoms with Gasteiger partial charge in [-0.3, -0.25) is 9.59 Å². The predicted molar refractivity (Wildman–Crippen MR) is 95.5 cm³/mol. The number of cyclic esters (lactones) is 1. The summed E-state index contributed by atoms with van der Waals surface area (Å²) in [6.45, 7) is 3.03. The molecule has 0 spiro atoms. The summed E-state index contributed by atoms with van der Waals surface area (Å²) in [5.41, 5.74) is 0. The maximum Gasteiger partial charge on any atom is 0.410 e. The van der Waals surface area contributed by atoms with Gasteiger partial charge in [0.05, 0.1) is 28.9 Å². The van der Waals surface area contributed by atoms with Gasteiger partial charge in [-0.05, 0) is 18.6 Å². The molecule has 3 amide bonds. The van der Waals surface area contributed by atoms with Crippen LogP contribution in [0.3, 0.4) is 0 Å². The van der Waals surface area contributed by atoms with E-state index < -0.39 is 6.09 Å². The van der Waals surface area contributed by atoms with Gasteiger partial charge in [-0.1, -0.05) is 11.6 Å². The Labute approximate surface area is 160 Å². The first kappa shape index (κ1) is 18.9. The fourth-order valence-corrected chi connectivity index (χ4v) is 3.79. The second-order valence-corrected chi connectivity index (χ2v) is 7.77. The molecule has 0 aliphatic carbocycles. The van der Waals surface area contributed by atoms with Crippen LogP contribution in [0.4, 0.5) is 4.79 Å². The Morgan fingerprint density at radius 2 is 2.12 bits per heavy atom. The molecule has 0 bridgehead atoms. The van der Waals surface area contributed by atoms with Crippen LogP contribution >= 0.6 is 22.9 Å². The summed E-state index contributed by atoms with van der Waals surface area (Å²) < 4.78 is 10.9. The second kappa shape index (κ2) is 8.70. The molecule has 26 heavy (non-hydrogen) atoms. The number of halogens is 1. The molecule has 2 aliphatic heterocycles. The van der Waals surface area contributed by atoms with E-state index in [1.54, 1.807) is 21.9 Å². The van der Waals surface area contributed by atoms with E-state index in [-0.39, 0.29) is 31.1 Å². The number of amides is 3. The summed E-state index contributed by atoms with van der Waals surface area (Å²) in [6, 6.07) is 3.32. The van der Waals surface area contributed by atoms with E-state index in [0.29, 0.717) is 48.4 Å². The molecule has 0 aromatic carbocycles. The number of carbonyl (C=O) groups is 3. The van der Waals surface area contributed by atoms with E-state index in [1.165, 1.54) is 11.3 Å². The van der Waals surface area contributed by atoms with Crippen molar-refractivity contribution in [3.63, 3.8) is 0 Å². The number of nitrogens with one attached hydrogen (secondary N) is 1. The van der Waals surface area contributed by atoms with Gasteiger partial charge in [-0.25, -0.2) is 4.79 Å². The Kier molecular flexibility index (Phi) is 6.33. The highest BCUT2D eigenvalue weighted by atomic mass is 35.5. The molecule has 10 heteroatoms. The molecule has 1 N–H and O–H groups in total. The normalized spacial score (nSPS) is 20.4. The highest BCUT2D eigenvalue weighted by Gasteiger charge is 2.31. The lowest BCUT2D eigenvalue weighted by molar-refractivity contribution is -0.142.